The monoisotopic (exact) mass is 171 g/mol. The van der Waals surface area contributed by atoms with E-state index >= 15 is 0 Å². The van der Waals surface area contributed by atoms with Gasteiger partial charge in [0.1, 0.15) is 0 Å². The van der Waals surface area contributed by atoms with Crippen LogP contribution in [0.4, 0.5) is 0 Å². The van der Waals surface area contributed by atoms with Gasteiger partial charge in [0.05, 0.1) is 0 Å². The third-order valence-electron chi connectivity index (χ3n) is 2.29. The Bertz CT molecular complexity index is 152. The molecule has 0 aromatic heterocycles. The lowest BCUT2D eigenvalue weighted by Gasteiger charge is -2.28. The molecule has 1 amide bonds. The molecule has 1 saturated heterocycles. The second-order valence-corrected chi connectivity index (χ2v) is 3.42. The number of carbonyl (C=O) groups is 1. The highest BCUT2D eigenvalue weighted by Crippen LogP contribution is 2.13. The molecule has 0 unspecified atom stereocenters. The first-order valence-corrected chi connectivity index (χ1v) is 4.42. The topological polar surface area (TPSA) is 58.4 Å². The molecule has 0 aromatic carbocycles. The first-order valence-electron chi connectivity index (χ1n) is 4.42. The zero-order valence-electron chi connectivity index (χ0n) is 7.55. The number of amides is 1. The highest BCUT2D eigenvalue weighted by molar-refractivity contribution is 5.72. The minimum absolute atomic E-state index is 0.0604. The van der Waals surface area contributed by atoms with Crippen molar-refractivity contribution in [3.8, 4) is 0 Å². The third-order valence-corrected chi connectivity index (χ3v) is 2.29. The van der Waals surface area contributed by atoms with Crippen LogP contribution >= 0.6 is 0 Å². The van der Waals surface area contributed by atoms with Crippen molar-refractivity contribution in [1.29, 1.82) is 0 Å². The van der Waals surface area contributed by atoms with E-state index in [0.29, 0.717) is 5.92 Å². The Morgan fingerprint density at radius 3 is 2.67 bits per heavy atom. The van der Waals surface area contributed by atoms with E-state index in [4.69, 9.17) is 5.84 Å². The standard InChI is InChI=1S/C8H17N3O/c1-7(12)10-6-8-2-4-11(9)5-3-8/h8H,2-6,9H2,1H3,(H,10,12). The summed E-state index contributed by atoms with van der Waals surface area (Å²) in [5.74, 6) is 6.28. The number of hydrogen-bond donors (Lipinski definition) is 2. The lowest BCUT2D eigenvalue weighted by Crippen LogP contribution is -2.41. The first kappa shape index (κ1) is 9.48. The van der Waals surface area contributed by atoms with Gasteiger partial charge < -0.3 is 5.32 Å². The molecule has 70 valence electrons. The largest absolute Gasteiger partial charge is 0.356 e. The second-order valence-electron chi connectivity index (χ2n) is 3.42. The zero-order valence-corrected chi connectivity index (χ0v) is 7.55. The fraction of sp³-hybridized carbons (Fsp3) is 0.875. The normalized spacial score (nSPS) is 20.8. The number of nitrogens with two attached hydrogens (primary N) is 1. The summed E-state index contributed by atoms with van der Waals surface area (Å²) >= 11 is 0. The summed E-state index contributed by atoms with van der Waals surface area (Å²) < 4.78 is 0. The molecule has 1 fully saturated rings. The number of nitrogens with zero attached hydrogens (tertiary/aromatic N) is 1. The average Bonchev–Trinajstić information content (AvgIpc) is 2.03. The van der Waals surface area contributed by atoms with Crippen molar-refractivity contribution in [2.24, 2.45) is 11.8 Å². The number of hydrazine groups is 1. The van der Waals surface area contributed by atoms with Crippen molar-refractivity contribution in [3.63, 3.8) is 0 Å². The predicted octanol–water partition coefficient (Wildman–Crippen LogP) is -0.292. The van der Waals surface area contributed by atoms with Gasteiger partial charge in [-0.3, -0.25) is 10.6 Å². The van der Waals surface area contributed by atoms with E-state index in [2.05, 4.69) is 5.32 Å². The Morgan fingerprint density at radius 2 is 2.17 bits per heavy atom. The van der Waals surface area contributed by atoms with Gasteiger partial charge in [0, 0.05) is 26.6 Å². The molecule has 12 heavy (non-hydrogen) atoms. The van der Waals surface area contributed by atoms with Gasteiger partial charge in [-0.15, -0.1) is 0 Å². The van der Waals surface area contributed by atoms with Crippen molar-refractivity contribution in [3.05, 3.63) is 0 Å². The minimum atomic E-state index is 0.0604. The predicted molar refractivity (Wildman–Crippen MR) is 47.2 cm³/mol. The van der Waals surface area contributed by atoms with Crippen LogP contribution in [-0.2, 0) is 4.79 Å². The van der Waals surface area contributed by atoms with Gasteiger partial charge in [-0.1, -0.05) is 0 Å². The van der Waals surface area contributed by atoms with Crippen LogP contribution in [0.1, 0.15) is 19.8 Å². The fourth-order valence-corrected chi connectivity index (χ4v) is 1.45. The molecule has 1 aliphatic rings. The van der Waals surface area contributed by atoms with Crippen molar-refractivity contribution in [2.75, 3.05) is 19.6 Å². The van der Waals surface area contributed by atoms with Crippen molar-refractivity contribution >= 4 is 5.91 Å². The Morgan fingerprint density at radius 1 is 1.58 bits per heavy atom. The molecule has 0 saturated carbocycles. The summed E-state index contributed by atoms with van der Waals surface area (Å²) in [5.41, 5.74) is 0. The molecule has 0 spiro atoms. The summed E-state index contributed by atoms with van der Waals surface area (Å²) in [7, 11) is 0. The maximum Gasteiger partial charge on any atom is 0.216 e. The molecule has 0 aliphatic carbocycles. The Labute approximate surface area is 73.1 Å². The van der Waals surface area contributed by atoms with Crippen LogP contribution in [0.3, 0.4) is 0 Å². The Hall–Kier alpha value is -0.610. The molecule has 1 rings (SSSR count). The summed E-state index contributed by atoms with van der Waals surface area (Å²) in [4.78, 5) is 10.6. The molecule has 0 bridgehead atoms. The van der Waals surface area contributed by atoms with Gasteiger partial charge in [0.15, 0.2) is 0 Å². The van der Waals surface area contributed by atoms with Gasteiger partial charge in [0.2, 0.25) is 5.91 Å². The summed E-state index contributed by atoms with van der Waals surface area (Å²) in [6, 6.07) is 0. The van der Waals surface area contributed by atoms with Crippen LogP contribution in [0.25, 0.3) is 0 Å². The highest BCUT2D eigenvalue weighted by atomic mass is 16.1. The van der Waals surface area contributed by atoms with E-state index in [1.807, 2.05) is 5.01 Å². The van der Waals surface area contributed by atoms with Crippen LogP contribution in [-0.4, -0.2) is 30.6 Å². The number of nitrogens with one attached hydrogen (secondary N) is 1. The molecule has 4 nitrogen and oxygen atoms in total. The van der Waals surface area contributed by atoms with Gasteiger partial charge >= 0.3 is 0 Å². The number of rotatable bonds is 2. The lowest BCUT2D eigenvalue weighted by atomic mass is 9.98. The molecule has 0 radical (unpaired) electrons. The van der Waals surface area contributed by atoms with Crippen molar-refractivity contribution < 1.29 is 4.79 Å². The van der Waals surface area contributed by atoms with Crippen molar-refractivity contribution in [1.82, 2.24) is 10.3 Å². The van der Waals surface area contributed by atoms with Crippen molar-refractivity contribution in [2.45, 2.75) is 19.8 Å². The SMILES string of the molecule is CC(=O)NCC1CCN(N)CC1. The van der Waals surface area contributed by atoms with Gasteiger partial charge in [-0.25, -0.2) is 5.01 Å². The van der Waals surface area contributed by atoms with Gasteiger partial charge in [-0.05, 0) is 18.8 Å². The van der Waals surface area contributed by atoms with E-state index < -0.39 is 0 Å². The third kappa shape index (κ3) is 3.19. The molecular formula is C8H17N3O. The summed E-state index contributed by atoms with van der Waals surface area (Å²) in [6.45, 7) is 4.26. The highest BCUT2D eigenvalue weighted by Gasteiger charge is 2.16. The zero-order chi connectivity index (χ0) is 8.97. The average molecular weight is 171 g/mol. The summed E-state index contributed by atoms with van der Waals surface area (Å²) in [6.07, 6.45) is 2.19. The second kappa shape index (κ2) is 4.42. The Kier molecular flexibility index (Phi) is 3.49. The molecular weight excluding hydrogens is 154 g/mol. The van der Waals surface area contributed by atoms with Crippen LogP contribution in [0, 0.1) is 5.92 Å². The molecule has 1 aliphatic heterocycles. The van der Waals surface area contributed by atoms with Gasteiger partial charge in [0.25, 0.3) is 0 Å². The quantitative estimate of drug-likeness (QED) is 0.561. The molecule has 3 N–H and O–H groups in total. The Balaban J connectivity index is 2.13. The van der Waals surface area contributed by atoms with E-state index in [9.17, 15) is 4.79 Å². The van der Waals surface area contributed by atoms with E-state index in [0.717, 1.165) is 32.5 Å². The molecule has 0 atom stereocenters. The van der Waals surface area contributed by atoms with Crippen LogP contribution in [0.2, 0.25) is 0 Å². The minimum Gasteiger partial charge on any atom is -0.356 e. The van der Waals surface area contributed by atoms with E-state index in [-0.39, 0.29) is 5.91 Å². The van der Waals surface area contributed by atoms with Crippen LogP contribution in [0.15, 0.2) is 0 Å². The molecule has 4 heteroatoms. The first-order chi connectivity index (χ1) is 5.68. The van der Waals surface area contributed by atoms with E-state index in [1.165, 1.54) is 0 Å². The fourth-order valence-electron chi connectivity index (χ4n) is 1.45. The summed E-state index contributed by atoms with van der Waals surface area (Å²) in [5, 5.41) is 4.67. The number of carbonyl (C=O) groups excluding carboxylic acids is 1. The molecule has 1 heterocycles. The number of piperidine rings is 1. The maximum absolute atomic E-state index is 10.6. The van der Waals surface area contributed by atoms with Gasteiger partial charge in [-0.2, -0.15) is 0 Å². The lowest BCUT2D eigenvalue weighted by molar-refractivity contribution is -0.119. The number of hydrogen-bond acceptors (Lipinski definition) is 3. The van der Waals surface area contributed by atoms with Crippen LogP contribution < -0.4 is 11.2 Å². The maximum atomic E-state index is 10.6. The van der Waals surface area contributed by atoms with E-state index in [1.54, 1.807) is 6.92 Å². The van der Waals surface area contributed by atoms with Crippen LogP contribution in [0.5, 0.6) is 0 Å². The smallest absolute Gasteiger partial charge is 0.216 e. The molecule has 0 aromatic rings.